The third-order valence-electron chi connectivity index (χ3n) is 3.56. The number of halogens is 1. The SMILES string of the molecule is CCc1cccc(Cl)c1Oc1ncc(Oc2ccc(C(C)=O)cc2)s1. The van der Waals surface area contributed by atoms with Crippen molar-refractivity contribution in [2.24, 2.45) is 0 Å². The van der Waals surface area contributed by atoms with Gasteiger partial charge in [-0.2, -0.15) is 0 Å². The number of hydrogen-bond acceptors (Lipinski definition) is 5. The van der Waals surface area contributed by atoms with Crippen LogP contribution in [0.3, 0.4) is 0 Å². The maximum absolute atomic E-state index is 11.3. The normalized spacial score (nSPS) is 10.5. The highest BCUT2D eigenvalue weighted by atomic mass is 35.5. The molecule has 0 aliphatic heterocycles. The lowest BCUT2D eigenvalue weighted by atomic mass is 10.1. The summed E-state index contributed by atoms with van der Waals surface area (Å²) in [5.74, 6) is 1.28. The average Bonchev–Trinajstić information content (AvgIpc) is 3.04. The van der Waals surface area contributed by atoms with Crippen LogP contribution in [0.15, 0.2) is 48.7 Å². The second-order valence-electron chi connectivity index (χ2n) is 5.31. The largest absolute Gasteiger partial charge is 0.445 e. The molecule has 0 atom stereocenters. The number of nitrogens with zero attached hydrogens (tertiary/aromatic N) is 1. The van der Waals surface area contributed by atoms with Crippen LogP contribution in [0.5, 0.6) is 21.8 Å². The van der Waals surface area contributed by atoms with Crippen LogP contribution in [-0.2, 0) is 6.42 Å². The van der Waals surface area contributed by atoms with E-state index in [4.69, 9.17) is 21.1 Å². The summed E-state index contributed by atoms with van der Waals surface area (Å²) in [4.78, 5) is 15.5. The van der Waals surface area contributed by atoms with Gasteiger partial charge in [-0.15, -0.1) is 0 Å². The highest BCUT2D eigenvalue weighted by Gasteiger charge is 2.12. The van der Waals surface area contributed by atoms with Gasteiger partial charge in [0.2, 0.25) is 5.06 Å². The lowest BCUT2D eigenvalue weighted by Gasteiger charge is -2.09. The summed E-state index contributed by atoms with van der Waals surface area (Å²) < 4.78 is 11.6. The molecule has 0 fully saturated rings. The number of aryl methyl sites for hydroxylation is 1. The molecule has 6 heteroatoms. The molecule has 0 bridgehead atoms. The first-order valence-corrected chi connectivity index (χ1v) is 8.96. The van der Waals surface area contributed by atoms with Crippen LogP contribution in [0.2, 0.25) is 5.02 Å². The minimum absolute atomic E-state index is 0.0199. The lowest BCUT2D eigenvalue weighted by molar-refractivity contribution is 0.101. The third kappa shape index (κ3) is 4.18. The molecule has 0 saturated carbocycles. The van der Waals surface area contributed by atoms with Gasteiger partial charge in [-0.1, -0.05) is 30.7 Å². The Morgan fingerprint density at radius 3 is 2.60 bits per heavy atom. The summed E-state index contributed by atoms with van der Waals surface area (Å²) in [6.45, 7) is 3.57. The summed E-state index contributed by atoms with van der Waals surface area (Å²) in [6, 6.07) is 12.6. The summed E-state index contributed by atoms with van der Waals surface area (Å²) in [5, 5.41) is 1.60. The van der Waals surface area contributed by atoms with Crippen molar-refractivity contribution in [3.63, 3.8) is 0 Å². The van der Waals surface area contributed by atoms with Crippen LogP contribution in [-0.4, -0.2) is 10.8 Å². The van der Waals surface area contributed by atoms with Gasteiger partial charge in [-0.3, -0.25) is 4.79 Å². The van der Waals surface area contributed by atoms with Crippen LogP contribution in [0.4, 0.5) is 0 Å². The summed E-state index contributed by atoms with van der Waals surface area (Å²) in [6.07, 6.45) is 2.41. The van der Waals surface area contributed by atoms with Gasteiger partial charge < -0.3 is 9.47 Å². The molecule has 3 aromatic rings. The fourth-order valence-electron chi connectivity index (χ4n) is 2.25. The quantitative estimate of drug-likeness (QED) is 0.486. The third-order valence-corrected chi connectivity index (χ3v) is 4.61. The standard InChI is InChI=1S/C19H16ClNO3S/c1-3-13-5-4-6-16(20)18(13)24-19-21-11-17(25-19)23-15-9-7-14(8-10-15)12(2)22/h4-11H,3H2,1-2H3. The summed E-state index contributed by atoms with van der Waals surface area (Å²) >= 11 is 7.51. The van der Waals surface area contributed by atoms with Gasteiger partial charge >= 0.3 is 0 Å². The van der Waals surface area contributed by atoms with Crippen LogP contribution < -0.4 is 9.47 Å². The molecule has 4 nitrogen and oxygen atoms in total. The van der Waals surface area contributed by atoms with Crippen molar-refractivity contribution in [1.82, 2.24) is 4.98 Å². The predicted octanol–water partition coefficient (Wildman–Crippen LogP) is 6.15. The van der Waals surface area contributed by atoms with Crippen molar-refractivity contribution in [3.8, 4) is 21.8 Å². The minimum atomic E-state index is 0.0199. The van der Waals surface area contributed by atoms with Gasteiger partial charge in [0, 0.05) is 5.56 Å². The van der Waals surface area contributed by atoms with E-state index in [2.05, 4.69) is 4.98 Å². The molecule has 0 saturated heterocycles. The van der Waals surface area contributed by atoms with Gasteiger partial charge in [-0.25, -0.2) is 4.98 Å². The Labute approximate surface area is 155 Å². The molecule has 0 spiro atoms. The van der Waals surface area contributed by atoms with Crippen LogP contribution in [0.1, 0.15) is 29.8 Å². The van der Waals surface area contributed by atoms with Crippen LogP contribution in [0, 0.1) is 0 Å². The number of aromatic nitrogens is 1. The van der Waals surface area contributed by atoms with Crippen molar-refractivity contribution in [2.75, 3.05) is 0 Å². The first-order valence-electron chi connectivity index (χ1n) is 7.76. The number of carbonyl (C=O) groups excluding carboxylic acids is 1. The Kier molecular flexibility index (Phi) is 5.36. The first kappa shape index (κ1) is 17.5. The number of rotatable bonds is 6. The molecule has 1 heterocycles. The number of thiazole rings is 1. The highest BCUT2D eigenvalue weighted by molar-refractivity contribution is 7.15. The average molecular weight is 374 g/mol. The van der Waals surface area contributed by atoms with Crippen molar-refractivity contribution < 1.29 is 14.3 Å². The van der Waals surface area contributed by atoms with Crippen LogP contribution in [0.25, 0.3) is 0 Å². The van der Waals surface area contributed by atoms with E-state index < -0.39 is 0 Å². The monoisotopic (exact) mass is 373 g/mol. The second-order valence-corrected chi connectivity index (χ2v) is 6.67. The van der Waals surface area contributed by atoms with Gasteiger partial charge in [0.1, 0.15) is 5.75 Å². The zero-order valence-electron chi connectivity index (χ0n) is 13.8. The van der Waals surface area contributed by atoms with Crippen LogP contribution >= 0.6 is 22.9 Å². The molecule has 0 aliphatic rings. The lowest BCUT2D eigenvalue weighted by Crippen LogP contribution is -1.91. The molecular formula is C19H16ClNO3S. The minimum Gasteiger partial charge on any atom is -0.445 e. The number of hydrogen-bond donors (Lipinski definition) is 0. The fourth-order valence-corrected chi connectivity index (χ4v) is 3.12. The molecule has 0 radical (unpaired) electrons. The van der Waals surface area contributed by atoms with E-state index in [1.165, 1.54) is 18.3 Å². The predicted molar refractivity (Wildman–Crippen MR) is 99.5 cm³/mol. The molecule has 0 amide bonds. The zero-order chi connectivity index (χ0) is 17.8. The molecule has 25 heavy (non-hydrogen) atoms. The molecular weight excluding hydrogens is 358 g/mol. The Bertz CT molecular complexity index is 890. The molecule has 128 valence electrons. The maximum Gasteiger partial charge on any atom is 0.282 e. The Morgan fingerprint density at radius 1 is 1.16 bits per heavy atom. The number of ether oxygens (including phenoxy) is 2. The van der Waals surface area contributed by atoms with E-state index in [0.29, 0.717) is 32.3 Å². The summed E-state index contributed by atoms with van der Waals surface area (Å²) in [7, 11) is 0. The number of benzene rings is 2. The molecule has 1 aromatic heterocycles. The fraction of sp³-hybridized carbons (Fsp3) is 0.158. The number of Topliss-reactive ketones (excluding diaryl/α,β-unsaturated/α-hetero) is 1. The van der Waals surface area contributed by atoms with Crippen molar-refractivity contribution in [2.45, 2.75) is 20.3 Å². The molecule has 0 aliphatic carbocycles. The summed E-state index contributed by atoms with van der Waals surface area (Å²) in [5.41, 5.74) is 1.66. The highest BCUT2D eigenvalue weighted by Crippen LogP contribution is 2.38. The van der Waals surface area contributed by atoms with Gasteiger partial charge in [0.15, 0.2) is 11.5 Å². The number of ketones is 1. The van der Waals surface area contributed by atoms with Gasteiger partial charge in [-0.05, 0) is 60.6 Å². The van der Waals surface area contributed by atoms with E-state index >= 15 is 0 Å². The van der Waals surface area contributed by atoms with E-state index in [1.807, 2.05) is 19.1 Å². The molecule has 0 N–H and O–H groups in total. The van der Waals surface area contributed by atoms with Crippen molar-refractivity contribution >= 4 is 28.7 Å². The number of para-hydroxylation sites is 1. The smallest absolute Gasteiger partial charge is 0.282 e. The Hall–Kier alpha value is -2.37. The Balaban J connectivity index is 1.74. The first-order chi connectivity index (χ1) is 12.1. The number of carbonyl (C=O) groups is 1. The van der Waals surface area contributed by atoms with Gasteiger partial charge in [0.25, 0.3) is 5.19 Å². The van der Waals surface area contributed by atoms with Gasteiger partial charge in [0.05, 0.1) is 11.2 Å². The second kappa shape index (κ2) is 7.68. The molecule has 3 rings (SSSR count). The van der Waals surface area contributed by atoms with Crippen molar-refractivity contribution in [3.05, 3.63) is 64.8 Å². The maximum atomic E-state index is 11.3. The zero-order valence-corrected chi connectivity index (χ0v) is 15.4. The molecule has 0 unspecified atom stereocenters. The van der Waals surface area contributed by atoms with E-state index in [0.717, 1.165) is 12.0 Å². The molecule has 2 aromatic carbocycles. The van der Waals surface area contributed by atoms with Crippen molar-refractivity contribution in [1.29, 1.82) is 0 Å². The topological polar surface area (TPSA) is 48.4 Å². The van der Waals surface area contributed by atoms with E-state index in [-0.39, 0.29) is 5.78 Å². The van der Waals surface area contributed by atoms with E-state index in [9.17, 15) is 4.79 Å². The van der Waals surface area contributed by atoms with E-state index in [1.54, 1.807) is 36.5 Å². The Morgan fingerprint density at radius 2 is 1.92 bits per heavy atom.